The smallest absolute Gasteiger partial charge is 0.373 e. The summed E-state index contributed by atoms with van der Waals surface area (Å²) in [7, 11) is 1.26. The van der Waals surface area contributed by atoms with Gasteiger partial charge in [0.2, 0.25) is 5.76 Å². The quantitative estimate of drug-likeness (QED) is 0.554. The number of carbonyl (C=O) groups excluding carboxylic acids is 2. The molecule has 1 aromatic heterocycles. The minimum Gasteiger partial charge on any atom is -0.482 e. The van der Waals surface area contributed by atoms with Crippen LogP contribution in [0.4, 0.5) is 0 Å². The first-order valence-electron chi connectivity index (χ1n) is 8.73. The Balaban J connectivity index is 1.52. The van der Waals surface area contributed by atoms with Gasteiger partial charge in [-0.2, -0.15) is 0 Å². The predicted octanol–water partition coefficient (Wildman–Crippen LogP) is 3.78. The molecular weight excluding hydrogens is 360 g/mol. The van der Waals surface area contributed by atoms with Crippen LogP contribution in [-0.4, -0.2) is 25.7 Å². The second-order valence-corrected chi connectivity index (χ2v) is 5.98. The van der Waals surface area contributed by atoms with E-state index in [9.17, 15) is 9.59 Å². The molecule has 0 aliphatic carbocycles. The number of furan rings is 1. The van der Waals surface area contributed by atoms with Crippen molar-refractivity contribution in [2.24, 2.45) is 0 Å². The summed E-state index contributed by atoms with van der Waals surface area (Å²) in [5.41, 5.74) is 2.13. The van der Waals surface area contributed by atoms with Crippen LogP contribution in [-0.2, 0) is 27.3 Å². The number of esters is 2. The third kappa shape index (κ3) is 5.23. The molecule has 1 heterocycles. The van der Waals surface area contributed by atoms with Gasteiger partial charge in [0.25, 0.3) is 0 Å². The zero-order valence-electron chi connectivity index (χ0n) is 15.4. The predicted molar refractivity (Wildman–Crippen MR) is 101 cm³/mol. The Labute approximate surface area is 162 Å². The molecule has 144 valence electrons. The van der Waals surface area contributed by atoms with E-state index in [0.29, 0.717) is 17.9 Å². The Kier molecular flexibility index (Phi) is 6.46. The van der Waals surface area contributed by atoms with Gasteiger partial charge >= 0.3 is 11.9 Å². The minimum absolute atomic E-state index is 0.0552. The average molecular weight is 380 g/mol. The minimum atomic E-state index is -0.587. The van der Waals surface area contributed by atoms with Crippen molar-refractivity contribution in [3.8, 4) is 5.75 Å². The summed E-state index contributed by atoms with van der Waals surface area (Å²) in [6.07, 6.45) is 0.703. The summed E-state index contributed by atoms with van der Waals surface area (Å²) in [5.74, 6) is -0.0892. The van der Waals surface area contributed by atoms with E-state index in [2.05, 4.69) is 4.74 Å². The summed E-state index contributed by atoms with van der Waals surface area (Å²) in [6, 6.07) is 20.6. The van der Waals surface area contributed by atoms with Crippen LogP contribution in [0.25, 0.3) is 0 Å². The van der Waals surface area contributed by atoms with Gasteiger partial charge in [0.15, 0.2) is 6.61 Å². The van der Waals surface area contributed by atoms with Crippen molar-refractivity contribution < 1.29 is 28.2 Å². The molecule has 0 spiro atoms. The Morgan fingerprint density at radius 1 is 0.929 bits per heavy atom. The second-order valence-electron chi connectivity index (χ2n) is 5.98. The normalized spacial score (nSPS) is 10.3. The largest absolute Gasteiger partial charge is 0.482 e. The summed E-state index contributed by atoms with van der Waals surface area (Å²) < 4.78 is 20.6. The van der Waals surface area contributed by atoms with Crippen LogP contribution < -0.4 is 4.74 Å². The lowest BCUT2D eigenvalue weighted by Crippen LogP contribution is -2.15. The van der Waals surface area contributed by atoms with E-state index in [4.69, 9.17) is 13.9 Å². The van der Waals surface area contributed by atoms with Crippen LogP contribution in [0.2, 0.25) is 0 Å². The fraction of sp³-hybridized carbons (Fsp3) is 0.182. The van der Waals surface area contributed by atoms with E-state index in [1.165, 1.54) is 13.2 Å². The maximum atomic E-state index is 12.0. The number of methoxy groups -OCH3 is 1. The SMILES string of the molecule is COC(=O)c1ccc(COC(=O)COc2ccccc2Cc2ccccc2)o1. The fourth-order valence-electron chi connectivity index (χ4n) is 2.60. The molecule has 0 saturated carbocycles. The van der Waals surface area contributed by atoms with Crippen LogP contribution in [0.5, 0.6) is 5.75 Å². The first kappa shape index (κ1) is 19.2. The van der Waals surface area contributed by atoms with Gasteiger partial charge in [0.05, 0.1) is 7.11 Å². The first-order valence-corrected chi connectivity index (χ1v) is 8.73. The molecule has 0 saturated heterocycles. The van der Waals surface area contributed by atoms with Gasteiger partial charge < -0.3 is 18.6 Å². The molecule has 6 nitrogen and oxygen atoms in total. The molecule has 2 aromatic carbocycles. The average Bonchev–Trinajstić information content (AvgIpc) is 3.21. The van der Waals surface area contributed by atoms with E-state index >= 15 is 0 Å². The topological polar surface area (TPSA) is 75.0 Å². The molecule has 0 aliphatic heterocycles. The van der Waals surface area contributed by atoms with Crippen molar-refractivity contribution in [3.05, 3.63) is 89.4 Å². The molecule has 0 atom stereocenters. The highest BCUT2D eigenvalue weighted by Gasteiger charge is 2.13. The van der Waals surface area contributed by atoms with Crippen molar-refractivity contribution in [1.82, 2.24) is 0 Å². The zero-order valence-corrected chi connectivity index (χ0v) is 15.4. The van der Waals surface area contributed by atoms with E-state index < -0.39 is 11.9 Å². The molecule has 3 aromatic rings. The van der Waals surface area contributed by atoms with Crippen LogP contribution in [0.15, 0.2) is 71.1 Å². The standard InChI is InChI=1S/C22H20O6/c1-25-22(24)20-12-11-18(28-20)14-27-21(23)15-26-19-10-6-5-9-17(19)13-16-7-3-2-4-8-16/h2-12H,13-15H2,1H3. The lowest BCUT2D eigenvalue weighted by atomic mass is 10.0. The highest BCUT2D eigenvalue weighted by Crippen LogP contribution is 2.21. The third-order valence-electron chi connectivity index (χ3n) is 3.98. The molecule has 28 heavy (non-hydrogen) atoms. The Morgan fingerprint density at radius 3 is 2.46 bits per heavy atom. The van der Waals surface area contributed by atoms with Crippen LogP contribution in [0.3, 0.4) is 0 Å². The van der Waals surface area contributed by atoms with Crippen molar-refractivity contribution in [3.63, 3.8) is 0 Å². The van der Waals surface area contributed by atoms with Crippen molar-refractivity contribution in [2.45, 2.75) is 13.0 Å². The number of para-hydroxylation sites is 1. The highest BCUT2D eigenvalue weighted by molar-refractivity contribution is 5.86. The van der Waals surface area contributed by atoms with Gasteiger partial charge in [-0.3, -0.25) is 0 Å². The summed E-state index contributed by atoms with van der Waals surface area (Å²) in [4.78, 5) is 23.3. The van der Waals surface area contributed by atoms with Crippen molar-refractivity contribution in [2.75, 3.05) is 13.7 Å². The number of hydrogen-bond donors (Lipinski definition) is 0. The van der Waals surface area contributed by atoms with E-state index in [1.54, 1.807) is 6.07 Å². The van der Waals surface area contributed by atoms with Gasteiger partial charge in [0, 0.05) is 6.42 Å². The van der Waals surface area contributed by atoms with Gasteiger partial charge in [0.1, 0.15) is 18.1 Å². The molecule has 3 rings (SSSR count). The first-order chi connectivity index (χ1) is 13.7. The summed E-state index contributed by atoms with van der Waals surface area (Å²) in [5, 5.41) is 0. The van der Waals surface area contributed by atoms with Gasteiger partial charge in [-0.25, -0.2) is 9.59 Å². The summed E-state index contributed by atoms with van der Waals surface area (Å²) in [6.45, 7) is -0.318. The highest BCUT2D eigenvalue weighted by atomic mass is 16.6. The fourth-order valence-corrected chi connectivity index (χ4v) is 2.60. The van der Waals surface area contributed by atoms with Crippen molar-refractivity contribution >= 4 is 11.9 Å². The maximum Gasteiger partial charge on any atom is 0.373 e. The molecule has 0 aliphatic rings. The molecule has 0 N–H and O–H groups in total. The summed E-state index contributed by atoms with van der Waals surface area (Å²) >= 11 is 0. The van der Waals surface area contributed by atoms with Gasteiger partial charge in [-0.05, 0) is 29.3 Å². The number of hydrogen-bond acceptors (Lipinski definition) is 6. The molecule has 0 amide bonds. The van der Waals surface area contributed by atoms with E-state index in [-0.39, 0.29) is 19.0 Å². The van der Waals surface area contributed by atoms with E-state index in [1.807, 2.05) is 54.6 Å². The molecule has 0 unspecified atom stereocenters. The Hall–Kier alpha value is -3.54. The molecule has 0 radical (unpaired) electrons. The number of carbonyl (C=O) groups is 2. The van der Waals surface area contributed by atoms with Crippen LogP contribution >= 0.6 is 0 Å². The zero-order chi connectivity index (χ0) is 19.8. The molecule has 0 fully saturated rings. The Bertz CT molecular complexity index is 929. The Morgan fingerprint density at radius 2 is 1.68 bits per heavy atom. The number of ether oxygens (including phenoxy) is 3. The van der Waals surface area contributed by atoms with Crippen LogP contribution in [0, 0.1) is 0 Å². The van der Waals surface area contributed by atoms with Crippen LogP contribution in [0.1, 0.15) is 27.4 Å². The third-order valence-corrected chi connectivity index (χ3v) is 3.98. The monoisotopic (exact) mass is 380 g/mol. The number of rotatable bonds is 8. The van der Waals surface area contributed by atoms with Gasteiger partial charge in [-0.1, -0.05) is 48.5 Å². The second kappa shape index (κ2) is 9.41. The lowest BCUT2D eigenvalue weighted by Gasteiger charge is -2.11. The molecule has 0 bridgehead atoms. The van der Waals surface area contributed by atoms with Gasteiger partial charge in [-0.15, -0.1) is 0 Å². The number of benzene rings is 2. The maximum absolute atomic E-state index is 12.0. The lowest BCUT2D eigenvalue weighted by molar-refractivity contribution is -0.147. The molecule has 6 heteroatoms. The van der Waals surface area contributed by atoms with E-state index in [0.717, 1.165) is 11.1 Å². The molecular formula is C22H20O6. The van der Waals surface area contributed by atoms with Crippen molar-refractivity contribution in [1.29, 1.82) is 0 Å².